The van der Waals surface area contributed by atoms with Crippen molar-refractivity contribution in [2.45, 2.75) is 0 Å². The Morgan fingerprint density at radius 3 is 2.22 bits per heavy atom. The first-order valence-corrected chi connectivity index (χ1v) is 9.79. The zero-order valence-corrected chi connectivity index (χ0v) is 17.7. The van der Waals surface area contributed by atoms with Crippen molar-refractivity contribution in [3.63, 3.8) is 0 Å². The monoisotopic (exact) mass is 429 g/mol. The molecule has 0 spiro atoms. The molecule has 0 aliphatic heterocycles. The molecule has 3 aromatic rings. The molecule has 32 heavy (non-hydrogen) atoms. The number of carbonyl (C=O) groups is 2. The molecule has 7 heteroatoms. The lowest BCUT2D eigenvalue weighted by Gasteiger charge is -2.11. The van der Waals surface area contributed by atoms with Crippen LogP contribution in [0.5, 0.6) is 11.5 Å². The summed E-state index contributed by atoms with van der Waals surface area (Å²) in [6, 6.07) is 23.1. The van der Waals surface area contributed by atoms with Crippen molar-refractivity contribution < 1.29 is 19.1 Å². The molecule has 2 amide bonds. The summed E-state index contributed by atoms with van der Waals surface area (Å²) in [6.45, 7) is 0. The fourth-order valence-corrected chi connectivity index (χ4v) is 2.80. The van der Waals surface area contributed by atoms with Gasteiger partial charge in [-0.2, -0.15) is 5.10 Å². The van der Waals surface area contributed by atoms with Crippen LogP contribution in [-0.2, 0) is 4.79 Å². The second-order valence-corrected chi connectivity index (χ2v) is 6.60. The summed E-state index contributed by atoms with van der Waals surface area (Å²) in [5, 5.41) is 6.65. The van der Waals surface area contributed by atoms with E-state index in [9.17, 15) is 9.59 Å². The lowest BCUT2D eigenvalue weighted by molar-refractivity contribution is -0.117. The van der Waals surface area contributed by atoms with Crippen LogP contribution in [0.1, 0.15) is 21.5 Å². The zero-order valence-electron chi connectivity index (χ0n) is 17.7. The van der Waals surface area contributed by atoms with Gasteiger partial charge in [-0.1, -0.05) is 48.5 Å². The summed E-state index contributed by atoms with van der Waals surface area (Å²) in [5.74, 6) is 0.0769. The molecule has 0 heterocycles. The van der Waals surface area contributed by atoms with Crippen molar-refractivity contribution in [2.24, 2.45) is 5.10 Å². The van der Waals surface area contributed by atoms with Gasteiger partial charge in [0.2, 0.25) is 0 Å². The van der Waals surface area contributed by atoms with Crippen molar-refractivity contribution >= 4 is 24.1 Å². The summed E-state index contributed by atoms with van der Waals surface area (Å²) in [6.07, 6.45) is 3.04. The fraction of sp³-hybridized carbons (Fsp3) is 0.0800. The molecule has 0 aromatic heterocycles. The van der Waals surface area contributed by atoms with E-state index < -0.39 is 11.8 Å². The molecule has 0 bridgehead atoms. The summed E-state index contributed by atoms with van der Waals surface area (Å²) in [4.78, 5) is 25.5. The minimum Gasteiger partial charge on any atom is -0.497 e. The van der Waals surface area contributed by atoms with E-state index in [1.54, 1.807) is 55.6 Å². The highest BCUT2D eigenvalue weighted by atomic mass is 16.5. The molecule has 0 saturated heterocycles. The van der Waals surface area contributed by atoms with Crippen LogP contribution in [0.3, 0.4) is 0 Å². The largest absolute Gasteiger partial charge is 0.497 e. The third-order valence-electron chi connectivity index (χ3n) is 4.45. The summed E-state index contributed by atoms with van der Waals surface area (Å²) < 4.78 is 10.6. The van der Waals surface area contributed by atoms with Crippen molar-refractivity contribution in [2.75, 3.05) is 14.2 Å². The van der Waals surface area contributed by atoms with Crippen LogP contribution >= 0.6 is 0 Å². The van der Waals surface area contributed by atoms with E-state index in [-0.39, 0.29) is 5.70 Å². The SMILES string of the molecule is COc1ccc(C=C(NC(=O)c2ccccc2)C(=O)NN=Cc2ccccc2)c(OC)c1. The number of hydrazone groups is 1. The molecule has 0 atom stereocenters. The van der Waals surface area contributed by atoms with E-state index in [4.69, 9.17) is 9.47 Å². The first-order valence-electron chi connectivity index (χ1n) is 9.79. The maximum absolute atomic E-state index is 12.9. The number of ether oxygens (including phenoxy) is 2. The second kappa shape index (κ2) is 11.1. The van der Waals surface area contributed by atoms with Crippen LogP contribution in [0.25, 0.3) is 6.08 Å². The molecule has 3 rings (SSSR count). The molecule has 7 nitrogen and oxygen atoms in total. The fourth-order valence-electron chi connectivity index (χ4n) is 2.80. The molecule has 0 saturated carbocycles. The standard InChI is InChI=1S/C25H23N3O4/c1-31-21-14-13-20(23(16-21)32-2)15-22(27-24(29)19-11-7-4-8-12-19)25(30)28-26-17-18-9-5-3-6-10-18/h3-17H,1-2H3,(H,27,29)(H,28,30). The topological polar surface area (TPSA) is 89.0 Å². The number of rotatable bonds is 8. The van der Waals surface area contributed by atoms with E-state index >= 15 is 0 Å². The van der Waals surface area contributed by atoms with Gasteiger partial charge in [-0.15, -0.1) is 0 Å². The third-order valence-corrected chi connectivity index (χ3v) is 4.45. The van der Waals surface area contributed by atoms with Crippen molar-refractivity contribution in [1.82, 2.24) is 10.7 Å². The van der Waals surface area contributed by atoms with Gasteiger partial charge in [0.25, 0.3) is 11.8 Å². The lowest BCUT2D eigenvalue weighted by Crippen LogP contribution is -2.32. The summed E-state index contributed by atoms with van der Waals surface area (Å²) in [5.41, 5.74) is 4.28. The molecule has 0 aliphatic rings. The Labute approximate surface area is 186 Å². The smallest absolute Gasteiger partial charge is 0.287 e. The molecule has 162 valence electrons. The van der Waals surface area contributed by atoms with E-state index in [1.165, 1.54) is 19.4 Å². The highest BCUT2D eigenvalue weighted by Gasteiger charge is 2.15. The van der Waals surface area contributed by atoms with Crippen molar-refractivity contribution in [3.8, 4) is 11.5 Å². The predicted molar refractivity (Wildman–Crippen MR) is 124 cm³/mol. The average Bonchev–Trinajstić information content (AvgIpc) is 2.84. The van der Waals surface area contributed by atoms with E-state index in [0.29, 0.717) is 22.6 Å². The highest BCUT2D eigenvalue weighted by Crippen LogP contribution is 2.26. The molecular weight excluding hydrogens is 406 g/mol. The number of hydrogen-bond acceptors (Lipinski definition) is 5. The quantitative estimate of drug-likeness (QED) is 0.325. The van der Waals surface area contributed by atoms with Crippen LogP contribution < -0.4 is 20.2 Å². The highest BCUT2D eigenvalue weighted by molar-refractivity contribution is 6.05. The zero-order chi connectivity index (χ0) is 22.8. The van der Waals surface area contributed by atoms with Crippen LogP contribution in [0.2, 0.25) is 0 Å². The Morgan fingerprint density at radius 1 is 0.875 bits per heavy atom. The van der Waals surface area contributed by atoms with Crippen LogP contribution in [0.15, 0.2) is 89.7 Å². The van der Waals surface area contributed by atoms with Crippen molar-refractivity contribution in [3.05, 3.63) is 101 Å². The van der Waals surface area contributed by atoms with Crippen LogP contribution in [-0.4, -0.2) is 32.2 Å². The second-order valence-electron chi connectivity index (χ2n) is 6.60. The van der Waals surface area contributed by atoms with Gasteiger partial charge in [0.1, 0.15) is 17.2 Å². The molecule has 0 radical (unpaired) electrons. The maximum atomic E-state index is 12.9. The summed E-state index contributed by atoms with van der Waals surface area (Å²) in [7, 11) is 3.06. The number of methoxy groups -OCH3 is 2. The lowest BCUT2D eigenvalue weighted by atomic mass is 10.1. The Hall–Kier alpha value is -4.39. The molecule has 0 fully saturated rings. The first kappa shape index (κ1) is 22.3. The number of benzene rings is 3. The Bertz CT molecular complexity index is 1130. The Balaban J connectivity index is 1.88. The van der Waals surface area contributed by atoms with Crippen LogP contribution in [0, 0.1) is 0 Å². The Morgan fingerprint density at radius 2 is 1.56 bits per heavy atom. The normalized spacial score (nSPS) is 11.1. The number of nitrogens with zero attached hydrogens (tertiary/aromatic N) is 1. The van der Waals surface area contributed by atoms with Gasteiger partial charge in [0.05, 0.1) is 20.4 Å². The number of nitrogens with one attached hydrogen (secondary N) is 2. The number of hydrogen-bond donors (Lipinski definition) is 2. The molecule has 2 N–H and O–H groups in total. The van der Waals surface area contributed by atoms with E-state index in [2.05, 4.69) is 15.8 Å². The summed E-state index contributed by atoms with van der Waals surface area (Å²) >= 11 is 0. The minimum absolute atomic E-state index is 0.00697. The van der Waals surface area contributed by atoms with E-state index in [0.717, 1.165) is 5.56 Å². The van der Waals surface area contributed by atoms with E-state index in [1.807, 2.05) is 30.3 Å². The average molecular weight is 429 g/mol. The van der Waals surface area contributed by atoms with Gasteiger partial charge >= 0.3 is 0 Å². The van der Waals surface area contributed by atoms with Gasteiger partial charge in [0.15, 0.2) is 0 Å². The van der Waals surface area contributed by atoms with Gasteiger partial charge in [0, 0.05) is 17.2 Å². The van der Waals surface area contributed by atoms with Crippen LogP contribution in [0.4, 0.5) is 0 Å². The maximum Gasteiger partial charge on any atom is 0.287 e. The first-order chi connectivity index (χ1) is 15.6. The van der Waals surface area contributed by atoms with Gasteiger partial charge in [-0.3, -0.25) is 9.59 Å². The molecule has 3 aromatic carbocycles. The molecule has 0 aliphatic carbocycles. The van der Waals surface area contributed by atoms with Gasteiger partial charge < -0.3 is 14.8 Å². The molecule has 0 unspecified atom stereocenters. The number of carbonyl (C=O) groups excluding carboxylic acids is 2. The third kappa shape index (κ3) is 6.06. The number of amides is 2. The van der Waals surface area contributed by atoms with Gasteiger partial charge in [-0.05, 0) is 35.9 Å². The minimum atomic E-state index is -0.584. The molecular formula is C25H23N3O4. The predicted octanol–water partition coefficient (Wildman–Crippen LogP) is 3.63. The van der Waals surface area contributed by atoms with Crippen molar-refractivity contribution in [1.29, 1.82) is 0 Å². The Kier molecular flexibility index (Phi) is 7.75. The van der Waals surface area contributed by atoms with Gasteiger partial charge in [-0.25, -0.2) is 5.43 Å².